The van der Waals surface area contributed by atoms with Crippen molar-refractivity contribution in [3.05, 3.63) is 29.8 Å². The molecule has 0 saturated heterocycles. The molecule has 1 aromatic rings. The molecule has 1 fully saturated rings. The Labute approximate surface area is 133 Å². The summed E-state index contributed by atoms with van der Waals surface area (Å²) >= 11 is 0. The van der Waals surface area contributed by atoms with Crippen molar-refractivity contribution in [1.29, 1.82) is 0 Å². The summed E-state index contributed by atoms with van der Waals surface area (Å²) in [6.45, 7) is 8.25. The van der Waals surface area contributed by atoms with Crippen LogP contribution in [0.15, 0.2) is 24.3 Å². The summed E-state index contributed by atoms with van der Waals surface area (Å²) < 4.78 is 5.69. The lowest BCUT2D eigenvalue weighted by Gasteiger charge is -2.23. The van der Waals surface area contributed by atoms with E-state index in [1.165, 1.54) is 12.8 Å². The molecule has 1 amide bonds. The molecule has 22 heavy (non-hydrogen) atoms. The number of hydrogen-bond acceptors (Lipinski definition) is 3. The SMILES string of the molecule is CCOc1ccccc1C(CC)NC(=O)CN(CC)C1CC1. The zero-order chi connectivity index (χ0) is 15.9. The van der Waals surface area contributed by atoms with E-state index in [1.807, 2.05) is 31.2 Å². The quantitative estimate of drug-likeness (QED) is 0.762. The topological polar surface area (TPSA) is 41.6 Å². The van der Waals surface area contributed by atoms with Crippen LogP contribution in [0.4, 0.5) is 0 Å². The number of nitrogens with zero attached hydrogens (tertiary/aromatic N) is 1. The highest BCUT2D eigenvalue weighted by molar-refractivity contribution is 5.78. The second kappa shape index (κ2) is 8.18. The number of hydrogen-bond donors (Lipinski definition) is 1. The summed E-state index contributed by atoms with van der Waals surface area (Å²) in [4.78, 5) is 14.6. The highest BCUT2D eigenvalue weighted by Gasteiger charge is 2.29. The third-order valence-corrected chi connectivity index (χ3v) is 4.15. The predicted octanol–water partition coefficient (Wildman–Crippen LogP) is 3.14. The number of amides is 1. The van der Waals surface area contributed by atoms with Gasteiger partial charge >= 0.3 is 0 Å². The molecule has 0 heterocycles. The molecule has 122 valence electrons. The molecule has 1 N–H and O–H groups in total. The Bertz CT molecular complexity index is 486. The van der Waals surface area contributed by atoms with Gasteiger partial charge < -0.3 is 10.1 Å². The first-order valence-corrected chi connectivity index (χ1v) is 8.44. The first-order chi connectivity index (χ1) is 10.7. The second-order valence-electron chi connectivity index (χ2n) is 5.79. The zero-order valence-corrected chi connectivity index (χ0v) is 14.0. The van der Waals surface area contributed by atoms with E-state index in [-0.39, 0.29) is 11.9 Å². The van der Waals surface area contributed by atoms with Crippen molar-refractivity contribution in [3.8, 4) is 5.75 Å². The maximum atomic E-state index is 12.4. The van der Waals surface area contributed by atoms with Gasteiger partial charge in [-0.3, -0.25) is 9.69 Å². The number of benzene rings is 1. The summed E-state index contributed by atoms with van der Waals surface area (Å²) in [6, 6.07) is 8.60. The smallest absolute Gasteiger partial charge is 0.234 e. The molecule has 0 bridgehead atoms. The molecular weight excluding hydrogens is 276 g/mol. The minimum atomic E-state index is 0.00755. The summed E-state index contributed by atoms with van der Waals surface area (Å²) in [5.74, 6) is 0.971. The Morgan fingerprint density at radius 1 is 1.32 bits per heavy atom. The standard InChI is InChI=1S/C18H28N2O2/c1-4-16(15-9-7-8-10-17(15)22-6-3)19-18(21)13-20(5-2)14-11-12-14/h7-10,14,16H,4-6,11-13H2,1-3H3,(H,19,21). The molecule has 0 spiro atoms. The Morgan fingerprint density at radius 3 is 2.64 bits per heavy atom. The fourth-order valence-electron chi connectivity index (χ4n) is 2.82. The van der Waals surface area contributed by atoms with Crippen molar-refractivity contribution >= 4 is 5.91 Å². The van der Waals surface area contributed by atoms with Gasteiger partial charge in [-0.05, 0) is 38.8 Å². The van der Waals surface area contributed by atoms with Gasteiger partial charge in [0.1, 0.15) is 5.75 Å². The molecule has 4 heteroatoms. The van der Waals surface area contributed by atoms with Crippen LogP contribution in [0.3, 0.4) is 0 Å². The van der Waals surface area contributed by atoms with E-state index in [0.29, 0.717) is 19.2 Å². The highest BCUT2D eigenvalue weighted by Crippen LogP contribution is 2.28. The number of likely N-dealkylation sites (N-methyl/N-ethyl adjacent to an activating group) is 1. The number of carbonyl (C=O) groups is 1. The number of rotatable bonds is 9. The monoisotopic (exact) mass is 304 g/mol. The fourth-order valence-corrected chi connectivity index (χ4v) is 2.82. The van der Waals surface area contributed by atoms with E-state index in [0.717, 1.165) is 24.3 Å². The van der Waals surface area contributed by atoms with Crippen molar-refractivity contribution in [3.63, 3.8) is 0 Å². The van der Waals surface area contributed by atoms with Gasteiger partial charge in [0.15, 0.2) is 0 Å². The summed E-state index contributed by atoms with van der Waals surface area (Å²) in [5, 5.41) is 3.17. The van der Waals surface area contributed by atoms with Crippen molar-refractivity contribution in [2.75, 3.05) is 19.7 Å². The zero-order valence-electron chi connectivity index (χ0n) is 14.0. The fraction of sp³-hybridized carbons (Fsp3) is 0.611. The van der Waals surface area contributed by atoms with Gasteiger partial charge in [0, 0.05) is 11.6 Å². The van der Waals surface area contributed by atoms with Crippen molar-refractivity contribution in [2.45, 2.75) is 52.1 Å². The van der Waals surface area contributed by atoms with Crippen LogP contribution < -0.4 is 10.1 Å². The molecule has 1 saturated carbocycles. The lowest BCUT2D eigenvalue weighted by Crippen LogP contribution is -2.39. The molecule has 4 nitrogen and oxygen atoms in total. The lowest BCUT2D eigenvalue weighted by atomic mass is 10.0. The normalized spacial score (nSPS) is 15.6. The van der Waals surface area contributed by atoms with E-state index in [1.54, 1.807) is 0 Å². The van der Waals surface area contributed by atoms with Gasteiger partial charge in [0.05, 0.1) is 19.2 Å². The molecule has 2 rings (SSSR count). The van der Waals surface area contributed by atoms with Crippen LogP contribution in [0.5, 0.6) is 5.75 Å². The minimum absolute atomic E-state index is 0.00755. The van der Waals surface area contributed by atoms with Gasteiger partial charge in [0.2, 0.25) is 5.91 Å². The van der Waals surface area contributed by atoms with Crippen LogP contribution in [-0.2, 0) is 4.79 Å². The lowest BCUT2D eigenvalue weighted by molar-refractivity contribution is -0.123. The third kappa shape index (κ3) is 4.47. The van der Waals surface area contributed by atoms with Gasteiger partial charge in [-0.15, -0.1) is 0 Å². The van der Waals surface area contributed by atoms with Crippen molar-refractivity contribution < 1.29 is 9.53 Å². The van der Waals surface area contributed by atoms with Crippen LogP contribution in [-0.4, -0.2) is 36.5 Å². The molecular formula is C18H28N2O2. The largest absolute Gasteiger partial charge is 0.494 e. The number of nitrogens with one attached hydrogen (secondary N) is 1. The molecule has 0 radical (unpaired) electrons. The first-order valence-electron chi connectivity index (χ1n) is 8.44. The molecule has 1 atom stereocenters. The average molecular weight is 304 g/mol. The van der Waals surface area contributed by atoms with E-state index in [2.05, 4.69) is 24.1 Å². The summed E-state index contributed by atoms with van der Waals surface area (Å²) in [6.07, 6.45) is 3.31. The molecule has 1 aliphatic carbocycles. The van der Waals surface area contributed by atoms with Gasteiger partial charge in [0.25, 0.3) is 0 Å². The van der Waals surface area contributed by atoms with Crippen LogP contribution >= 0.6 is 0 Å². The maximum absolute atomic E-state index is 12.4. The molecule has 0 aliphatic heterocycles. The first kappa shape index (κ1) is 16.8. The summed E-state index contributed by atoms with van der Waals surface area (Å²) in [5.41, 5.74) is 1.06. The van der Waals surface area contributed by atoms with Crippen molar-refractivity contribution in [2.24, 2.45) is 0 Å². The predicted molar refractivity (Wildman–Crippen MR) is 89.1 cm³/mol. The van der Waals surface area contributed by atoms with Crippen molar-refractivity contribution in [1.82, 2.24) is 10.2 Å². The molecule has 1 aliphatic rings. The Hall–Kier alpha value is -1.55. The Kier molecular flexibility index (Phi) is 6.25. The highest BCUT2D eigenvalue weighted by atomic mass is 16.5. The molecule has 0 aromatic heterocycles. The number of para-hydroxylation sites is 1. The van der Waals surface area contributed by atoms with Gasteiger partial charge in [-0.25, -0.2) is 0 Å². The van der Waals surface area contributed by atoms with E-state index in [9.17, 15) is 4.79 Å². The van der Waals surface area contributed by atoms with E-state index >= 15 is 0 Å². The van der Waals surface area contributed by atoms with E-state index < -0.39 is 0 Å². The van der Waals surface area contributed by atoms with Crippen LogP contribution in [0.2, 0.25) is 0 Å². The molecule has 1 unspecified atom stereocenters. The van der Waals surface area contributed by atoms with Crippen LogP contribution in [0.25, 0.3) is 0 Å². The molecule has 1 aromatic carbocycles. The minimum Gasteiger partial charge on any atom is -0.494 e. The number of carbonyl (C=O) groups excluding carboxylic acids is 1. The Balaban J connectivity index is 2.00. The number of ether oxygens (including phenoxy) is 1. The van der Waals surface area contributed by atoms with Gasteiger partial charge in [-0.1, -0.05) is 32.0 Å². The average Bonchev–Trinajstić information content (AvgIpc) is 3.36. The second-order valence-corrected chi connectivity index (χ2v) is 5.79. The summed E-state index contributed by atoms with van der Waals surface area (Å²) in [7, 11) is 0. The Morgan fingerprint density at radius 2 is 2.05 bits per heavy atom. The van der Waals surface area contributed by atoms with Gasteiger partial charge in [-0.2, -0.15) is 0 Å². The van der Waals surface area contributed by atoms with Crippen LogP contribution in [0.1, 0.15) is 51.6 Å². The van der Waals surface area contributed by atoms with E-state index in [4.69, 9.17) is 4.74 Å². The van der Waals surface area contributed by atoms with Crippen LogP contribution in [0, 0.1) is 0 Å². The maximum Gasteiger partial charge on any atom is 0.234 e. The third-order valence-electron chi connectivity index (χ3n) is 4.15.